The molecule has 0 radical (unpaired) electrons. The van der Waals surface area contributed by atoms with E-state index in [0.717, 1.165) is 23.0 Å². The number of halogens is 1. The molecule has 3 heteroatoms. The van der Waals surface area contributed by atoms with E-state index >= 15 is 0 Å². The number of hydrogen-bond acceptors (Lipinski definition) is 2. The van der Waals surface area contributed by atoms with Crippen LogP contribution in [-0.4, -0.2) is 18.2 Å². The molecule has 0 saturated carbocycles. The molecule has 20 heavy (non-hydrogen) atoms. The molecule has 1 unspecified atom stereocenters. The van der Waals surface area contributed by atoms with E-state index in [-0.39, 0.29) is 0 Å². The molecule has 1 atom stereocenters. The zero-order chi connectivity index (χ0) is 14.4. The average molecular weight is 334 g/mol. The van der Waals surface area contributed by atoms with Gasteiger partial charge in [-0.15, -0.1) is 0 Å². The summed E-state index contributed by atoms with van der Waals surface area (Å²) in [6, 6.07) is 16.3. The molecule has 2 N–H and O–H groups in total. The highest BCUT2D eigenvalue weighted by Gasteiger charge is 2.06. The van der Waals surface area contributed by atoms with Crippen molar-refractivity contribution in [2.75, 3.05) is 13.1 Å². The Morgan fingerprint density at radius 1 is 1.15 bits per heavy atom. The molecule has 2 rings (SSSR count). The maximum absolute atomic E-state index is 10.1. The van der Waals surface area contributed by atoms with E-state index in [1.165, 1.54) is 11.1 Å². The van der Waals surface area contributed by atoms with E-state index in [1.807, 2.05) is 24.3 Å². The standard InChI is InChI=1S/C17H20BrNO/c1-13-4-2-5-14(10-13)8-9-19-12-17(20)15-6-3-7-16(18)11-15/h2-7,10-11,17,19-20H,8-9,12H2,1H3. The Morgan fingerprint density at radius 2 is 1.95 bits per heavy atom. The van der Waals surface area contributed by atoms with Crippen molar-refractivity contribution in [1.82, 2.24) is 5.32 Å². The van der Waals surface area contributed by atoms with Crippen LogP contribution in [0, 0.1) is 6.92 Å². The average Bonchev–Trinajstić information content (AvgIpc) is 2.43. The number of rotatable bonds is 6. The maximum atomic E-state index is 10.1. The minimum Gasteiger partial charge on any atom is -0.387 e. The van der Waals surface area contributed by atoms with Gasteiger partial charge in [0.1, 0.15) is 0 Å². The van der Waals surface area contributed by atoms with E-state index in [0.29, 0.717) is 6.54 Å². The van der Waals surface area contributed by atoms with Crippen LogP contribution in [0.1, 0.15) is 22.8 Å². The van der Waals surface area contributed by atoms with Crippen LogP contribution in [0.5, 0.6) is 0 Å². The summed E-state index contributed by atoms with van der Waals surface area (Å²) in [4.78, 5) is 0. The number of hydrogen-bond donors (Lipinski definition) is 2. The van der Waals surface area contributed by atoms with Crippen molar-refractivity contribution in [3.8, 4) is 0 Å². The number of aliphatic hydroxyl groups is 1. The molecule has 0 spiro atoms. The topological polar surface area (TPSA) is 32.3 Å². The Balaban J connectivity index is 1.76. The molecule has 106 valence electrons. The highest BCUT2D eigenvalue weighted by molar-refractivity contribution is 9.10. The summed E-state index contributed by atoms with van der Waals surface area (Å²) in [7, 11) is 0. The summed E-state index contributed by atoms with van der Waals surface area (Å²) < 4.78 is 0.994. The quantitative estimate of drug-likeness (QED) is 0.791. The third-order valence-electron chi connectivity index (χ3n) is 3.24. The van der Waals surface area contributed by atoms with Crippen molar-refractivity contribution < 1.29 is 5.11 Å². The van der Waals surface area contributed by atoms with Crippen LogP contribution in [0.2, 0.25) is 0 Å². The lowest BCUT2D eigenvalue weighted by atomic mass is 10.1. The monoisotopic (exact) mass is 333 g/mol. The first-order valence-corrected chi connectivity index (χ1v) is 7.64. The Morgan fingerprint density at radius 3 is 2.70 bits per heavy atom. The predicted octanol–water partition coefficient (Wildman–Crippen LogP) is 3.62. The van der Waals surface area contributed by atoms with Gasteiger partial charge in [0.2, 0.25) is 0 Å². The molecular weight excluding hydrogens is 314 g/mol. The first kappa shape index (κ1) is 15.2. The lowest BCUT2D eigenvalue weighted by Crippen LogP contribution is -2.23. The Bertz CT molecular complexity index is 556. The molecule has 2 aromatic carbocycles. The number of aryl methyl sites for hydroxylation is 1. The van der Waals surface area contributed by atoms with Gasteiger partial charge in [-0.1, -0.05) is 57.9 Å². The van der Waals surface area contributed by atoms with Crippen LogP contribution >= 0.6 is 15.9 Å². The lowest BCUT2D eigenvalue weighted by Gasteiger charge is -2.12. The molecular formula is C17H20BrNO. The molecule has 0 bridgehead atoms. The fraction of sp³-hybridized carbons (Fsp3) is 0.294. The van der Waals surface area contributed by atoms with Gasteiger partial charge < -0.3 is 10.4 Å². The van der Waals surface area contributed by atoms with Crippen LogP contribution in [-0.2, 0) is 6.42 Å². The summed E-state index contributed by atoms with van der Waals surface area (Å²) in [5, 5.41) is 13.4. The first-order valence-electron chi connectivity index (χ1n) is 6.85. The van der Waals surface area contributed by atoms with E-state index in [2.05, 4.69) is 52.4 Å². The molecule has 0 aliphatic heterocycles. The largest absolute Gasteiger partial charge is 0.387 e. The van der Waals surface area contributed by atoms with Gasteiger partial charge in [-0.05, 0) is 43.1 Å². The van der Waals surface area contributed by atoms with Crippen LogP contribution in [0.25, 0.3) is 0 Å². The fourth-order valence-corrected chi connectivity index (χ4v) is 2.59. The third-order valence-corrected chi connectivity index (χ3v) is 3.74. The third kappa shape index (κ3) is 4.75. The highest BCUT2D eigenvalue weighted by Crippen LogP contribution is 2.17. The van der Waals surface area contributed by atoms with Crippen LogP contribution in [0.15, 0.2) is 53.0 Å². The lowest BCUT2D eigenvalue weighted by molar-refractivity contribution is 0.175. The molecule has 0 heterocycles. The van der Waals surface area contributed by atoms with Gasteiger partial charge in [0.05, 0.1) is 6.10 Å². The number of nitrogens with one attached hydrogen (secondary N) is 1. The minimum atomic E-state index is -0.468. The normalized spacial score (nSPS) is 12.3. The molecule has 0 aromatic heterocycles. The van der Waals surface area contributed by atoms with Crippen molar-refractivity contribution in [1.29, 1.82) is 0 Å². The van der Waals surface area contributed by atoms with E-state index in [9.17, 15) is 5.11 Å². The van der Waals surface area contributed by atoms with Gasteiger partial charge in [0, 0.05) is 11.0 Å². The second-order valence-electron chi connectivity index (χ2n) is 5.01. The zero-order valence-electron chi connectivity index (χ0n) is 11.6. The SMILES string of the molecule is Cc1cccc(CCNCC(O)c2cccc(Br)c2)c1. The molecule has 0 saturated heterocycles. The summed E-state index contributed by atoms with van der Waals surface area (Å²) in [6.45, 7) is 3.55. The van der Waals surface area contributed by atoms with E-state index in [4.69, 9.17) is 0 Å². The van der Waals surface area contributed by atoms with E-state index in [1.54, 1.807) is 0 Å². The van der Waals surface area contributed by atoms with Crippen molar-refractivity contribution in [2.45, 2.75) is 19.4 Å². The molecule has 0 fully saturated rings. The van der Waals surface area contributed by atoms with Crippen LogP contribution in [0.4, 0.5) is 0 Å². The molecule has 2 nitrogen and oxygen atoms in total. The Hall–Kier alpha value is -1.16. The highest BCUT2D eigenvalue weighted by atomic mass is 79.9. The molecule has 0 aliphatic carbocycles. The first-order chi connectivity index (χ1) is 9.65. The minimum absolute atomic E-state index is 0.468. The second-order valence-corrected chi connectivity index (χ2v) is 5.93. The number of aliphatic hydroxyl groups excluding tert-OH is 1. The van der Waals surface area contributed by atoms with Gasteiger partial charge >= 0.3 is 0 Å². The second kappa shape index (κ2) is 7.58. The molecule has 2 aromatic rings. The van der Waals surface area contributed by atoms with Gasteiger partial charge in [0.15, 0.2) is 0 Å². The van der Waals surface area contributed by atoms with Crippen molar-refractivity contribution in [3.63, 3.8) is 0 Å². The van der Waals surface area contributed by atoms with Crippen molar-refractivity contribution in [3.05, 3.63) is 69.7 Å². The van der Waals surface area contributed by atoms with Crippen molar-refractivity contribution >= 4 is 15.9 Å². The number of benzene rings is 2. The van der Waals surface area contributed by atoms with Crippen LogP contribution in [0.3, 0.4) is 0 Å². The molecule has 0 amide bonds. The zero-order valence-corrected chi connectivity index (χ0v) is 13.2. The van der Waals surface area contributed by atoms with Gasteiger partial charge in [-0.2, -0.15) is 0 Å². The summed E-state index contributed by atoms with van der Waals surface area (Å²) >= 11 is 3.42. The summed E-state index contributed by atoms with van der Waals surface area (Å²) in [5.74, 6) is 0. The summed E-state index contributed by atoms with van der Waals surface area (Å²) in [6.07, 6.45) is 0.511. The maximum Gasteiger partial charge on any atom is 0.0914 e. The Labute approximate surface area is 129 Å². The molecule has 0 aliphatic rings. The van der Waals surface area contributed by atoms with Crippen molar-refractivity contribution in [2.24, 2.45) is 0 Å². The van der Waals surface area contributed by atoms with E-state index < -0.39 is 6.10 Å². The fourth-order valence-electron chi connectivity index (χ4n) is 2.17. The van der Waals surface area contributed by atoms with Gasteiger partial charge in [0.25, 0.3) is 0 Å². The smallest absolute Gasteiger partial charge is 0.0914 e. The summed E-state index contributed by atoms with van der Waals surface area (Å²) in [5.41, 5.74) is 3.55. The Kier molecular flexibility index (Phi) is 5.77. The van der Waals surface area contributed by atoms with Crippen LogP contribution < -0.4 is 5.32 Å². The van der Waals surface area contributed by atoms with Gasteiger partial charge in [-0.3, -0.25) is 0 Å². The van der Waals surface area contributed by atoms with Gasteiger partial charge in [-0.25, -0.2) is 0 Å². The predicted molar refractivity (Wildman–Crippen MR) is 86.9 cm³/mol.